The van der Waals surface area contributed by atoms with Gasteiger partial charge in [-0.3, -0.25) is 9.59 Å². The summed E-state index contributed by atoms with van der Waals surface area (Å²) in [4.78, 5) is 23.2. The Morgan fingerprint density at radius 2 is 1.53 bits per heavy atom. The predicted molar refractivity (Wildman–Crippen MR) is 164 cm³/mol. The molecule has 0 amide bonds. The Morgan fingerprint density at radius 1 is 0.884 bits per heavy atom. The quantitative estimate of drug-likeness (QED) is 0.121. The maximum absolute atomic E-state index is 15.3. The number of benzene rings is 3. The fourth-order valence-electron chi connectivity index (χ4n) is 5.45. The molecule has 1 saturated carbocycles. The van der Waals surface area contributed by atoms with Crippen LogP contribution in [0.1, 0.15) is 41.6 Å². The smallest absolute Gasteiger partial charge is 0.323 e. The number of carbonyl (C=O) groups is 2. The van der Waals surface area contributed by atoms with E-state index in [0.717, 1.165) is 24.2 Å². The van der Waals surface area contributed by atoms with Crippen LogP contribution in [0.15, 0.2) is 78.9 Å². The standard InChI is InChI=1S/C35H34FNO6/c1-24-29(21-35(17-18-35)22-31(38)39)33-30(36)16-13-26(34(33)37(24)23-32(40)41)12-9-25-10-14-28(15-11-25)43-20-6-5-19-42-27-7-3-2-4-8-27/h2-16H,17-23H2,1H3,(H,38,39)(H,40,41)/b6-5+,12-9+. The van der Waals surface area contributed by atoms with Gasteiger partial charge in [0.1, 0.15) is 37.1 Å². The minimum absolute atomic E-state index is 0.0118. The largest absolute Gasteiger partial charge is 0.490 e. The summed E-state index contributed by atoms with van der Waals surface area (Å²) in [5.74, 6) is -0.837. The van der Waals surface area contributed by atoms with Crippen LogP contribution >= 0.6 is 0 Å². The molecule has 1 heterocycles. The van der Waals surface area contributed by atoms with Crippen LogP contribution in [0.3, 0.4) is 0 Å². The molecule has 8 heteroatoms. The van der Waals surface area contributed by atoms with E-state index < -0.39 is 23.2 Å². The minimum atomic E-state index is -1.04. The summed E-state index contributed by atoms with van der Waals surface area (Å²) in [5.41, 5.74) is 3.00. The van der Waals surface area contributed by atoms with Gasteiger partial charge in [-0.1, -0.05) is 42.5 Å². The highest BCUT2D eigenvalue weighted by molar-refractivity contribution is 5.95. The number of fused-ring (bicyclic) bond motifs is 1. The summed E-state index contributed by atoms with van der Waals surface area (Å²) in [5, 5.41) is 19.4. The number of carboxylic acids is 2. The molecule has 3 aromatic carbocycles. The SMILES string of the molecule is Cc1c(CC2(CC(=O)O)CC2)c2c(F)ccc(/C=C/c3ccc(OC/C=C/COc4ccccc4)cc3)c2n1CC(=O)O. The van der Waals surface area contributed by atoms with Crippen molar-refractivity contribution < 1.29 is 33.7 Å². The third kappa shape index (κ3) is 7.33. The highest BCUT2D eigenvalue weighted by Gasteiger charge is 2.45. The molecular formula is C35H34FNO6. The minimum Gasteiger partial charge on any atom is -0.490 e. The maximum atomic E-state index is 15.3. The number of aromatic nitrogens is 1. The van der Waals surface area contributed by atoms with Crippen molar-refractivity contribution in [3.05, 3.63) is 107 Å². The van der Waals surface area contributed by atoms with E-state index >= 15 is 4.39 Å². The number of halogens is 1. The lowest BCUT2D eigenvalue weighted by Gasteiger charge is -2.13. The maximum Gasteiger partial charge on any atom is 0.323 e. The molecule has 0 radical (unpaired) electrons. The summed E-state index contributed by atoms with van der Waals surface area (Å²) in [6.45, 7) is 2.31. The van der Waals surface area contributed by atoms with E-state index in [0.29, 0.717) is 53.1 Å². The van der Waals surface area contributed by atoms with Crippen LogP contribution in [-0.4, -0.2) is 39.9 Å². The molecule has 7 nitrogen and oxygen atoms in total. The predicted octanol–water partition coefficient (Wildman–Crippen LogP) is 7.16. The van der Waals surface area contributed by atoms with E-state index in [1.807, 2.05) is 78.9 Å². The Morgan fingerprint density at radius 3 is 2.14 bits per heavy atom. The van der Waals surface area contributed by atoms with Gasteiger partial charge in [0, 0.05) is 11.1 Å². The van der Waals surface area contributed by atoms with Crippen LogP contribution in [0.5, 0.6) is 11.5 Å². The molecule has 1 aliphatic rings. The van der Waals surface area contributed by atoms with Gasteiger partial charge in [-0.2, -0.15) is 0 Å². The van der Waals surface area contributed by atoms with Crippen molar-refractivity contribution in [2.75, 3.05) is 13.2 Å². The van der Waals surface area contributed by atoms with Crippen LogP contribution in [0.2, 0.25) is 0 Å². The topological polar surface area (TPSA) is 98.0 Å². The molecule has 0 bridgehead atoms. The van der Waals surface area contributed by atoms with Gasteiger partial charge in [-0.05, 0) is 96.8 Å². The van der Waals surface area contributed by atoms with Gasteiger partial charge >= 0.3 is 11.9 Å². The number of carboxylic acid groups (broad SMARTS) is 2. The summed E-state index contributed by atoms with van der Waals surface area (Å²) in [7, 11) is 0. The van der Waals surface area contributed by atoms with Crippen molar-refractivity contribution in [2.45, 2.75) is 39.2 Å². The fraction of sp³-hybridized carbons (Fsp3) is 0.257. The molecule has 2 N–H and O–H groups in total. The number of para-hydroxylation sites is 1. The molecule has 5 rings (SSSR count). The van der Waals surface area contributed by atoms with Crippen molar-refractivity contribution in [1.29, 1.82) is 0 Å². The molecule has 1 aromatic heterocycles. The molecule has 43 heavy (non-hydrogen) atoms. The second kappa shape index (κ2) is 13.0. The molecule has 222 valence electrons. The van der Waals surface area contributed by atoms with Gasteiger partial charge in [0.05, 0.1) is 11.9 Å². The van der Waals surface area contributed by atoms with Crippen molar-refractivity contribution >= 4 is 35.0 Å². The zero-order valence-corrected chi connectivity index (χ0v) is 24.0. The molecule has 1 fully saturated rings. The Kier molecular flexibility index (Phi) is 8.95. The Hall–Kier alpha value is -4.85. The number of hydrogen-bond acceptors (Lipinski definition) is 4. The average molecular weight is 584 g/mol. The molecular weight excluding hydrogens is 549 g/mol. The number of nitrogens with zero attached hydrogens (tertiary/aromatic N) is 1. The van der Waals surface area contributed by atoms with Crippen LogP contribution in [0, 0.1) is 18.2 Å². The number of ether oxygens (including phenoxy) is 2. The highest BCUT2D eigenvalue weighted by atomic mass is 19.1. The van der Waals surface area contributed by atoms with Gasteiger partial charge in [-0.15, -0.1) is 0 Å². The van der Waals surface area contributed by atoms with Crippen LogP contribution in [0.25, 0.3) is 23.1 Å². The lowest BCUT2D eigenvalue weighted by molar-refractivity contribution is -0.139. The first-order valence-electron chi connectivity index (χ1n) is 14.2. The molecule has 0 aliphatic heterocycles. The second-order valence-electron chi connectivity index (χ2n) is 11.0. The third-order valence-electron chi connectivity index (χ3n) is 7.84. The Bertz CT molecular complexity index is 1670. The van der Waals surface area contributed by atoms with E-state index in [1.165, 1.54) is 6.07 Å². The van der Waals surface area contributed by atoms with Gasteiger partial charge in [0.15, 0.2) is 0 Å². The van der Waals surface area contributed by atoms with E-state index in [1.54, 1.807) is 17.6 Å². The average Bonchev–Trinajstić information content (AvgIpc) is 3.68. The van der Waals surface area contributed by atoms with Gasteiger partial charge in [-0.25, -0.2) is 4.39 Å². The lowest BCUT2D eigenvalue weighted by atomic mass is 9.91. The first-order valence-corrected chi connectivity index (χ1v) is 14.2. The fourth-order valence-corrected chi connectivity index (χ4v) is 5.45. The third-order valence-corrected chi connectivity index (χ3v) is 7.84. The molecule has 0 unspecified atom stereocenters. The van der Waals surface area contributed by atoms with Gasteiger partial charge in [0.25, 0.3) is 0 Å². The highest BCUT2D eigenvalue weighted by Crippen LogP contribution is 2.53. The Balaban J connectivity index is 1.31. The monoisotopic (exact) mass is 583 g/mol. The number of hydrogen-bond donors (Lipinski definition) is 2. The van der Waals surface area contributed by atoms with E-state index in [2.05, 4.69) is 0 Å². The zero-order valence-electron chi connectivity index (χ0n) is 24.0. The lowest BCUT2D eigenvalue weighted by Crippen LogP contribution is -2.13. The molecule has 4 aromatic rings. The van der Waals surface area contributed by atoms with Crippen molar-refractivity contribution in [3.8, 4) is 11.5 Å². The molecule has 1 aliphatic carbocycles. The van der Waals surface area contributed by atoms with Crippen molar-refractivity contribution in [2.24, 2.45) is 5.41 Å². The zero-order chi connectivity index (χ0) is 30.4. The van der Waals surface area contributed by atoms with Crippen LogP contribution < -0.4 is 9.47 Å². The van der Waals surface area contributed by atoms with Gasteiger partial charge < -0.3 is 24.3 Å². The van der Waals surface area contributed by atoms with Crippen LogP contribution in [-0.2, 0) is 22.6 Å². The van der Waals surface area contributed by atoms with Crippen LogP contribution in [0.4, 0.5) is 4.39 Å². The van der Waals surface area contributed by atoms with Crippen molar-refractivity contribution in [1.82, 2.24) is 4.57 Å². The first kappa shape index (κ1) is 29.6. The Labute approximate surface area is 249 Å². The van der Waals surface area contributed by atoms with E-state index in [-0.39, 0.29) is 13.0 Å². The summed E-state index contributed by atoms with van der Waals surface area (Å²) < 4.78 is 28.4. The summed E-state index contributed by atoms with van der Waals surface area (Å²) >= 11 is 0. The molecule has 0 atom stereocenters. The summed E-state index contributed by atoms with van der Waals surface area (Å²) in [6.07, 6.45) is 9.45. The first-order chi connectivity index (χ1) is 20.7. The van der Waals surface area contributed by atoms with Gasteiger partial charge in [0.2, 0.25) is 0 Å². The van der Waals surface area contributed by atoms with E-state index in [9.17, 15) is 19.8 Å². The van der Waals surface area contributed by atoms with E-state index in [4.69, 9.17) is 9.47 Å². The normalized spacial score (nSPS) is 14.0. The molecule has 0 saturated heterocycles. The second-order valence-corrected chi connectivity index (χ2v) is 11.0. The summed E-state index contributed by atoms with van der Waals surface area (Å²) in [6, 6.07) is 20.2. The molecule has 0 spiro atoms. The number of aliphatic carboxylic acids is 2. The number of rotatable bonds is 14. The van der Waals surface area contributed by atoms with Crippen molar-refractivity contribution in [3.63, 3.8) is 0 Å².